The molecule has 0 amide bonds. The van der Waals surface area contributed by atoms with Gasteiger partial charge in [-0.15, -0.1) is 0 Å². The van der Waals surface area contributed by atoms with Crippen molar-refractivity contribution in [3.63, 3.8) is 0 Å². The number of fused-ring (bicyclic) bond motifs is 5. The molecule has 0 aliphatic heterocycles. The minimum absolute atomic E-state index is 0.106. The summed E-state index contributed by atoms with van der Waals surface area (Å²) in [6.45, 7) is 5.67. The van der Waals surface area contributed by atoms with E-state index in [1.54, 1.807) is 7.11 Å². The van der Waals surface area contributed by atoms with Gasteiger partial charge in [0.05, 0.1) is 12.7 Å². The number of methoxy groups -OCH3 is 2. The minimum atomic E-state index is -1.58. The van der Waals surface area contributed by atoms with Gasteiger partial charge in [0, 0.05) is 14.2 Å². The fraction of sp³-hybridized carbons (Fsp3) is 0.852. The van der Waals surface area contributed by atoms with Crippen LogP contribution in [-0.4, -0.2) is 26.9 Å². The van der Waals surface area contributed by atoms with Crippen LogP contribution in [0.3, 0.4) is 0 Å². The van der Waals surface area contributed by atoms with E-state index in [4.69, 9.17) is 9.47 Å². The lowest BCUT2D eigenvalue weighted by molar-refractivity contribution is -0.115. The lowest BCUT2D eigenvalue weighted by Crippen LogP contribution is -2.53. The molecule has 4 aliphatic carbocycles. The van der Waals surface area contributed by atoms with Crippen molar-refractivity contribution in [2.45, 2.75) is 90.6 Å². The fourth-order valence-corrected chi connectivity index (χ4v) is 8.74. The molecule has 0 bridgehead atoms. The number of hydrogen-bond donors (Lipinski definition) is 0. The van der Waals surface area contributed by atoms with Crippen LogP contribution in [0.25, 0.3) is 0 Å². The Balaban J connectivity index is 1.66. The molecule has 4 heteroatoms. The van der Waals surface area contributed by atoms with Gasteiger partial charge >= 0.3 is 0 Å². The summed E-state index contributed by atoms with van der Waals surface area (Å²) >= 11 is 0. The van der Waals surface area contributed by atoms with Crippen LogP contribution in [0, 0.1) is 34.5 Å². The normalized spacial score (nSPS) is 43.6. The number of hydrogen-bond acceptors (Lipinski definition) is 2. The highest BCUT2D eigenvalue weighted by Crippen LogP contribution is 2.68. The zero-order chi connectivity index (χ0) is 22.2. The molecule has 4 fully saturated rings. The Bertz CT molecular complexity index is 712. The number of halogens is 2. The fourth-order valence-electron chi connectivity index (χ4n) is 8.74. The SMILES string of the molecule is COC/C(CCC=C(F)F)=C1\C(OC)CC2(C)C1CCC1C2CCC2CCCCC21C. The molecule has 0 spiro atoms. The second kappa shape index (κ2) is 9.25. The van der Waals surface area contributed by atoms with Gasteiger partial charge in [-0.1, -0.05) is 26.7 Å². The van der Waals surface area contributed by atoms with E-state index in [1.165, 1.54) is 62.5 Å². The third kappa shape index (κ3) is 4.05. The van der Waals surface area contributed by atoms with E-state index >= 15 is 0 Å². The van der Waals surface area contributed by atoms with Crippen LogP contribution in [-0.2, 0) is 9.47 Å². The third-order valence-electron chi connectivity index (χ3n) is 10.1. The molecule has 0 saturated heterocycles. The summed E-state index contributed by atoms with van der Waals surface area (Å²) in [6, 6.07) is 0. The highest BCUT2D eigenvalue weighted by atomic mass is 19.3. The lowest BCUT2D eigenvalue weighted by Gasteiger charge is -2.61. The van der Waals surface area contributed by atoms with Crippen LogP contribution in [0.4, 0.5) is 8.78 Å². The molecular weight excluding hydrogens is 394 g/mol. The van der Waals surface area contributed by atoms with Crippen LogP contribution in [0.1, 0.15) is 84.5 Å². The van der Waals surface area contributed by atoms with Crippen LogP contribution in [0.15, 0.2) is 23.3 Å². The van der Waals surface area contributed by atoms with Gasteiger partial charge in [-0.3, -0.25) is 0 Å². The van der Waals surface area contributed by atoms with E-state index in [-0.39, 0.29) is 11.5 Å². The highest BCUT2D eigenvalue weighted by molar-refractivity contribution is 5.32. The standard InChI is InChI=1S/C27H42F2O2/c1-26-15-6-5-9-19(26)11-12-21-20(26)13-14-22-25(23(31-4)16-27(21,22)2)18(17-30-3)8-7-10-24(28)29/h10,19-23H,5-9,11-17H2,1-4H3/b25-18-. The van der Waals surface area contributed by atoms with Gasteiger partial charge in [-0.05, 0) is 110 Å². The molecule has 0 aromatic heterocycles. The average molecular weight is 437 g/mol. The lowest BCUT2D eigenvalue weighted by atomic mass is 9.44. The zero-order valence-electron chi connectivity index (χ0n) is 20.0. The molecule has 0 N–H and O–H groups in total. The Morgan fingerprint density at radius 3 is 2.45 bits per heavy atom. The van der Waals surface area contributed by atoms with E-state index in [1.807, 2.05) is 7.11 Å². The Kier molecular flexibility index (Phi) is 6.99. The van der Waals surface area contributed by atoms with E-state index in [2.05, 4.69) is 13.8 Å². The topological polar surface area (TPSA) is 18.5 Å². The summed E-state index contributed by atoms with van der Waals surface area (Å²) in [5.41, 5.74) is 3.37. The smallest absolute Gasteiger partial charge is 0.266 e. The van der Waals surface area contributed by atoms with Crippen LogP contribution in [0.2, 0.25) is 0 Å². The Hall–Kier alpha value is -0.740. The molecule has 0 aromatic carbocycles. The molecule has 0 heterocycles. The second-order valence-electron chi connectivity index (χ2n) is 11.3. The van der Waals surface area contributed by atoms with Crippen LogP contribution < -0.4 is 0 Å². The third-order valence-corrected chi connectivity index (χ3v) is 10.1. The zero-order valence-corrected chi connectivity index (χ0v) is 20.0. The molecule has 4 aliphatic rings. The van der Waals surface area contributed by atoms with Crippen molar-refractivity contribution in [1.29, 1.82) is 0 Å². The molecule has 7 atom stereocenters. The molecule has 2 nitrogen and oxygen atoms in total. The summed E-state index contributed by atoms with van der Waals surface area (Å²) in [7, 11) is 3.54. The van der Waals surface area contributed by atoms with E-state index in [0.29, 0.717) is 30.8 Å². The van der Waals surface area contributed by atoms with Gasteiger partial charge in [0.15, 0.2) is 0 Å². The summed E-state index contributed by atoms with van der Waals surface area (Å²) in [5, 5.41) is 0. The van der Waals surface area contributed by atoms with Crippen LogP contribution in [0.5, 0.6) is 0 Å². The largest absolute Gasteiger partial charge is 0.380 e. The van der Waals surface area contributed by atoms with Gasteiger partial charge in [0.25, 0.3) is 6.08 Å². The first-order chi connectivity index (χ1) is 14.8. The molecule has 31 heavy (non-hydrogen) atoms. The maximum atomic E-state index is 12.7. The van der Waals surface area contributed by atoms with Gasteiger partial charge in [0.1, 0.15) is 0 Å². The first-order valence-corrected chi connectivity index (χ1v) is 12.6. The van der Waals surface area contributed by atoms with Gasteiger partial charge in [0.2, 0.25) is 0 Å². The molecule has 0 aromatic rings. The Morgan fingerprint density at radius 1 is 1.00 bits per heavy atom. The molecular formula is C27H42F2O2. The molecule has 176 valence electrons. The van der Waals surface area contributed by atoms with Crippen molar-refractivity contribution in [2.75, 3.05) is 20.8 Å². The maximum Gasteiger partial charge on any atom is 0.266 e. The predicted molar refractivity (Wildman–Crippen MR) is 121 cm³/mol. The van der Waals surface area contributed by atoms with Crippen LogP contribution >= 0.6 is 0 Å². The van der Waals surface area contributed by atoms with Crippen molar-refractivity contribution in [2.24, 2.45) is 34.5 Å². The first kappa shape index (κ1) is 23.4. The predicted octanol–water partition coefficient (Wildman–Crippen LogP) is 7.55. The minimum Gasteiger partial charge on any atom is -0.380 e. The molecule has 4 saturated carbocycles. The van der Waals surface area contributed by atoms with E-state index in [0.717, 1.165) is 30.3 Å². The van der Waals surface area contributed by atoms with Gasteiger partial charge in [-0.25, -0.2) is 0 Å². The Morgan fingerprint density at radius 2 is 1.74 bits per heavy atom. The Labute approximate surface area is 187 Å². The molecule has 4 rings (SSSR count). The summed E-state index contributed by atoms with van der Waals surface area (Å²) in [6.07, 6.45) is 12.6. The maximum absolute atomic E-state index is 12.7. The summed E-state index contributed by atoms with van der Waals surface area (Å²) < 4.78 is 37.0. The van der Waals surface area contributed by atoms with E-state index < -0.39 is 6.08 Å². The van der Waals surface area contributed by atoms with Crippen molar-refractivity contribution in [3.05, 3.63) is 23.3 Å². The monoisotopic (exact) mass is 436 g/mol. The quantitative estimate of drug-likeness (QED) is 0.400. The van der Waals surface area contributed by atoms with Crippen molar-refractivity contribution in [3.8, 4) is 0 Å². The summed E-state index contributed by atoms with van der Waals surface area (Å²) in [5.74, 6) is 3.02. The second-order valence-corrected chi connectivity index (χ2v) is 11.3. The first-order valence-electron chi connectivity index (χ1n) is 12.6. The number of rotatable bonds is 6. The van der Waals surface area contributed by atoms with Gasteiger partial charge < -0.3 is 9.47 Å². The summed E-state index contributed by atoms with van der Waals surface area (Å²) in [4.78, 5) is 0. The van der Waals surface area contributed by atoms with Crippen molar-refractivity contribution < 1.29 is 18.3 Å². The van der Waals surface area contributed by atoms with Crippen molar-refractivity contribution in [1.82, 2.24) is 0 Å². The number of allylic oxidation sites excluding steroid dienone is 1. The highest BCUT2D eigenvalue weighted by Gasteiger charge is 2.61. The van der Waals surface area contributed by atoms with E-state index in [9.17, 15) is 8.78 Å². The van der Waals surface area contributed by atoms with Gasteiger partial charge in [-0.2, -0.15) is 8.78 Å². The molecule has 0 radical (unpaired) electrons. The van der Waals surface area contributed by atoms with Crippen molar-refractivity contribution >= 4 is 0 Å². The average Bonchev–Trinajstić information content (AvgIpc) is 3.05. The number of ether oxygens (including phenoxy) is 2. The molecule has 7 unspecified atom stereocenters.